The Hall–Kier alpha value is -3.67. The number of nitrogens with one attached hydrogen (secondary N) is 1. The van der Waals surface area contributed by atoms with Gasteiger partial charge in [-0.25, -0.2) is 14.3 Å². The molecule has 2 aromatic carbocycles. The molecule has 6 heteroatoms. The van der Waals surface area contributed by atoms with Crippen LogP contribution in [0.4, 0.5) is 0 Å². The van der Waals surface area contributed by atoms with E-state index in [1.54, 1.807) is 12.1 Å². The van der Waals surface area contributed by atoms with Gasteiger partial charge in [0.05, 0.1) is 17.0 Å². The predicted octanol–water partition coefficient (Wildman–Crippen LogP) is 3.36. The number of H-pyrrole nitrogens is 1. The van der Waals surface area contributed by atoms with Crippen molar-refractivity contribution >= 4 is 11.6 Å². The summed E-state index contributed by atoms with van der Waals surface area (Å²) in [7, 11) is 0. The quantitative estimate of drug-likeness (QED) is 0.596. The molecule has 0 atom stereocenters. The van der Waals surface area contributed by atoms with Crippen molar-refractivity contribution in [2.45, 2.75) is 6.92 Å². The number of carboxylic acid groups (broad SMARTS) is 1. The molecule has 26 heavy (non-hydrogen) atoms. The maximum atomic E-state index is 12.5. The van der Waals surface area contributed by atoms with Crippen LogP contribution in [-0.2, 0) is 0 Å². The Kier molecular flexibility index (Phi) is 3.65. The van der Waals surface area contributed by atoms with Gasteiger partial charge in [-0.3, -0.25) is 9.89 Å². The van der Waals surface area contributed by atoms with Crippen LogP contribution in [0.3, 0.4) is 0 Å². The molecule has 0 bridgehead atoms. The van der Waals surface area contributed by atoms with Gasteiger partial charge in [0.2, 0.25) is 0 Å². The van der Waals surface area contributed by atoms with Gasteiger partial charge >= 0.3 is 5.97 Å². The maximum absolute atomic E-state index is 12.5. The monoisotopic (exact) mass is 345 g/mol. The van der Waals surface area contributed by atoms with E-state index in [0.29, 0.717) is 16.9 Å². The lowest BCUT2D eigenvalue weighted by molar-refractivity contribution is 0.0697. The number of carbonyl (C=O) groups is 1. The van der Waals surface area contributed by atoms with Crippen LogP contribution in [0.1, 0.15) is 15.9 Å². The van der Waals surface area contributed by atoms with Crippen molar-refractivity contribution < 1.29 is 9.90 Å². The topological polar surface area (TPSA) is 87.5 Å². The summed E-state index contributed by atoms with van der Waals surface area (Å²) in [6, 6.07) is 17.5. The first-order valence-electron chi connectivity index (χ1n) is 8.06. The molecule has 2 heterocycles. The maximum Gasteiger partial charge on any atom is 0.335 e. The fraction of sp³-hybridized carbons (Fsp3) is 0.0500. The third-order valence-electron chi connectivity index (χ3n) is 4.34. The lowest BCUT2D eigenvalue weighted by Crippen LogP contribution is -2.14. The molecule has 0 unspecified atom stereocenters. The highest BCUT2D eigenvalue weighted by atomic mass is 16.4. The molecule has 4 rings (SSSR count). The third kappa shape index (κ3) is 2.57. The van der Waals surface area contributed by atoms with Crippen LogP contribution in [0, 0.1) is 6.92 Å². The standard InChI is InChI=1S/C20H15N3O3/c1-12-18(14-5-3-2-4-6-14)22-23-17(24)11-16(21-19(12)23)13-7-9-15(10-8-13)20(25)26/h2-11,22H,1H3,(H,25,26). The molecular weight excluding hydrogens is 330 g/mol. The van der Waals surface area contributed by atoms with Crippen molar-refractivity contribution in [3.63, 3.8) is 0 Å². The highest BCUT2D eigenvalue weighted by Gasteiger charge is 2.14. The molecule has 0 amide bonds. The molecule has 0 saturated heterocycles. The lowest BCUT2D eigenvalue weighted by Gasteiger charge is -2.02. The molecule has 6 nitrogen and oxygen atoms in total. The van der Waals surface area contributed by atoms with E-state index in [9.17, 15) is 9.59 Å². The Morgan fingerprint density at radius 3 is 2.38 bits per heavy atom. The van der Waals surface area contributed by atoms with Crippen LogP contribution < -0.4 is 5.56 Å². The number of benzene rings is 2. The fourth-order valence-corrected chi connectivity index (χ4v) is 2.97. The molecule has 128 valence electrons. The molecule has 0 aliphatic heterocycles. The van der Waals surface area contributed by atoms with Crippen LogP contribution in [-0.4, -0.2) is 25.7 Å². The molecule has 0 fully saturated rings. The summed E-state index contributed by atoms with van der Waals surface area (Å²) in [5.74, 6) is -0.992. The van der Waals surface area contributed by atoms with Crippen molar-refractivity contribution in [1.82, 2.24) is 14.6 Å². The third-order valence-corrected chi connectivity index (χ3v) is 4.34. The number of nitrogens with zero attached hydrogens (tertiary/aromatic N) is 2. The second kappa shape index (κ2) is 6.00. The van der Waals surface area contributed by atoms with Crippen molar-refractivity contribution in [2.75, 3.05) is 0 Å². The van der Waals surface area contributed by atoms with Gasteiger partial charge in [0.25, 0.3) is 5.56 Å². The van der Waals surface area contributed by atoms with Gasteiger partial charge in [-0.1, -0.05) is 42.5 Å². The van der Waals surface area contributed by atoms with Gasteiger partial charge in [0.15, 0.2) is 5.65 Å². The molecular formula is C20H15N3O3. The molecule has 2 aromatic heterocycles. The normalized spacial score (nSPS) is 11.0. The minimum atomic E-state index is -0.992. The average Bonchev–Trinajstić information content (AvgIpc) is 3.00. The van der Waals surface area contributed by atoms with Gasteiger partial charge in [0.1, 0.15) is 0 Å². The summed E-state index contributed by atoms with van der Waals surface area (Å²) in [5.41, 5.74) is 4.40. The molecule has 0 spiro atoms. The van der Waals surface area contributed by atoms with E-state index in [1.807, 2.05) is 37.3 Å². The van der Waals surface area contributed by atoms with Gasteiger partial charge in [-0.05, 0) is 24.6 Å². The molecule has 0 saturated carbocycles. The first-order valence-corrected chi connectivity index (χ1v) is 8.06. The summed E-state index contributed by atoms with van der Waals surface area (Å²) in [4.78, 5) is 28.1. The van der Waals surface area contributed by atoms with Gasteiger partial charge in [-0.15, -0.1) is 0 Å². The van der Waals surface area contributed by atoms with Gasteiger partial charge in [-0.2, -0.15) is 0 Å². The average molecular weight is 345 g/mol. The minimum Gasteiger partial charge on any atom is -0.478 e. The summed E-state index contributed by atoms with van der Waals surface area (Å²) < 4.78 is 1.42. The number of aryl methyl sites for hydroxylation is 1. The highest BCUT2D eigenvalue weighted by molar-refractivity contribution is 5.88. The second-order valence-electron chi connectivity index (χ2n) is 6.00. The Balaban J connectivity index is 1.87. The summed E-state index contributed by atoms with van der Waals surface area (Å²) in [6.07, 6.45) is 0. The Morgan fingerprint density at radius 1 is 1.04 bits per heavy atom. The van der Waals surface area contributed by atoms with Crippen molar-refractivity contribution in [1.29, 1.82) is 0 Å². The number of aromatic nitrogens is 3. The predicted molar refractivity (Wildman–Crippen MR) is 98.4 cm³/mol. The van der Waals surface area contributed by atoms with E-state index in [0.717, 1.165) is 16.8 Å². The summed E-state index contributed by atoms with van der Waals surface area (Å²) in [6.45, 7) is 1.91. The number of fused-ring (bicyclic) bond motifs is 1. The van der Waals surface area contributed by atoms with E-state index in [1.165, 1.54) is 22.7 Å². The Labute approximate surface area is 148 Å². The molecule has 2 N–H and O–H groups in total. The molecule has 0 aliphatic rings. The first-order chi connectivity index (χ1) is 12.5. The van der Waals surface area contributed by atoms with Gasteiger partial charge < -0.3 is 5.11 Å². The molecule has 4 aromatic rings. The molecule has 0 aliphatic carbocycles. The number of hydrogen-bond acceptors (Lipinski definition) is 3. The van der Waals surface area contributed by atoms with E-state index in [2.05, 4.69) is 10.1 Å². The fourth-order valence-electron chi connectivity index (χ4n) is 2.97. The zero-order chi connectivity index (χ0) is 18.3. The SMILES string of the molecule is Cc1c(-c2ccccc2)[nH]n2c(=O)cc(-c3ccc(C(=O)O)cc3)nc12. The van der Waals surface area contributed by atoms with E-state index < -0.39 is 5.97 Å². The van der Waals surface area contributed by atoms with Crippen LogP contribution >= 0.6 is 0 Å². The largest absolute Gasteiger partial charge is 0.478 e. The van der Waals surface area contributed by atoms with Gasteiger partial charge in [0, 0.05) is 17.2 Å². The number of aromatic amines is 1. The van der Waals surface area contributed by atoms with Crippen molar-refractivity contribution in [3.05, 3.63) is 82.1 Å². The lowest BCUT2D eigenvalue weighted by atomic mass is 10.1. The zero-order valence-electron chi connectivity index (χ0n) is 13.9. The van der Waals surface area contributed by atoms with Crippen LogP contribution in [0.5, 0.6) is 0 Å². The zero-order valence-corrected chi connectivity index (χ0v) is 13.9. The minimum absolute atomic E-state index is 0.190. The number of hydrogen-bond donors (Lipinski definition) is 2. The smallest absolute Gasteiger partial charge is 0.335 e. The Bertz CT molecular complexity index is 1170. The van der Waals surface area contributed by atoms with E-state index in [-0.39, 0.29) is 11.1 Å². The second-order valence-corrected chi connectivity index (χ2v) is 6.00. The molecule has 0 radical (unpaired) electrons. The number of aromatic carboxylic acids is 1. The summed E-state index contributed by atoms with van der Waals surface area (Å²) in [5, 5.41) is 12.1. The van der Waals surface area contributed by atoms with Crippen molar-refractivity contribution in [2.24, 2.45) is 0 Å². The van der Waals surface area contributed by atoms with Crippen molar-refractivity contribution in [3.8, 4) is 22.5 Å². The van der Waals surface area contributed by atoms with E-state index in [4.69, 9.17) is 5.11 Å². The summed E-state index contributed by atoms with van der Waals surface area (Å²) >= 11 is 0. The van der Waals surface area contributed by atoms with E-state index >= 15 is 0 Å². The highest BCUT2D eigenvalue weighted by Crippen LogP contribution is 2.25. The van der Waals surface area contributed by atoms with Crippen LogP contribution in [0.25, 0.3) is 28.2 Å². The van der Waals surface area contributed by atoms with Crippen LogP contribution in [0.15, 0.2) is 65.5 Å². The number of rotatable bonds is 3. The first kappa shape index (κ1) is 15.8. The number of carboxylic acids is 1. The Morgan fingerprint density at radius 2 is 1.73 bits per heavy atom. The van der Waals surface area contributed by atoms with Crippen LogP contribution in [0.2, 0.25) is 0 Å².